The van der Waals surface area contributed by atoms with Crippen LogP contribution in [0.2, 0.25) is 0 Å². The lowest BCUT2D eigenvalue weighted by atomic mass is 9.90. The maximum Gasteiger partial charge on any atom is 0.339 e. The summed E-state index contributed by atoms with van der Waals surface area (Å²) in [5.74, 6) is -1.49. The zero-order chi connectivity index (χ0) is 20.0. The summed E-state index contributed by atoms with van der Waals surface area (Å²) in [5, 5.41) is 5.52. The van der Waals surface area contributed by atoms with Crippen LogP contribution in [0.3, 0.4) is 0 Å². The smallest absolute Gasteiger partial charge is 0.339 e. The van der Waals surface area contributed by atoms with Crippen molar-refractivity contribution >= 4 is 23.5 Å². The van der Waals surface area contributed by atoms with E-state index in [9.17, 15) is 14.4 Å². The van der Waals surface area contributed by atoms with Crippen molar-refractivity contribution in [2.75, 3.05) is 12.4 Å². The highest BCUT2D eigenvalue weighted by atomic mass is 16.5. The number of esters is 1. The molecule has 142 valence electrons. The van der Waals surface area contributed by atoms with Crippen molar-refractivity contribution < 1.29 is 19.1 Å². The van der Waals surface area contributed by atoms with Gasteiger partial charge in [0, 0.05) is 0 Å². The van der Waals surface area contributed by atoms with Crippen LogP contribution in [0.15, 0.2) is 54.6 Å². The van der Waals surface area contributed by atoms with Gasteiger partial charge >= 0.3 is 5.97 Å². The first-order valence-corrected chi connectivity index (χ1v) is 8.62. The van der Waals surface area contributed by atoms with E-state index in [-0.39, 0.29) is 11.6 Å². The van der Waals surface area contributed by atoms with Gasteiger partial charge in [0.05, 0.1) is 24.4 Å². The van der Waals surface area contributed by atoms with Gasteiger partial charge in [0.15, 0.2) is 0 Å². The van der Waals surface area contributed by atoms with Gasteiger partial charge < -0.3 is 15.4 Å². The molecule has 0 heterocycles. The van der Waals surface area contributed by atoms with Gasteiger partial charge in [-0.15, -0.1) is 0 Å². The van der Waals surface area contributed by atoms with E-state index in [1.807, 2.05) is 37.3 Å². The summed E-state index contributed by atoms with van der Waals surface area (Å²) in [6.07, 6.45) is 0. The fourth-order valence-electron chi connectivity index (χ4n) is 2.46. The molecule has 0 radical (unpaired) electrons. The number of ether oxygens (including phenoxy) is 1. The summed E-state index contributed by atoms with van der Waals surface area (Å²) in [6, 6.07) is 15.7. The van der Waals surface area contributed by atoms with Gasteiger partial charge in [-0.3, -0.25) is 9.59 Å². The number of hydrogen-bond acceptors (Lipinski definition) is 4. The maximum absolute atomic E-state index is 12.7. The lowest BCUT2D eigenvalue weighted by Crippen LogP contribution is -2.46. The number of anilines is 1. The molecule has 0 fully saturated rings. The molecule has 6 nitrogen and oxygen atoms in total. The number of rotatable bonds is 6. The minimum absolute atomic E-state index is 0.224. The molecule has 0 aliphatic carbocycles. The molecule has 0 aliphatic heterocycles. The Labute approximate surface area is 158 Å². The zero-order valence-corrected chi connectivity index (χ0v) is 15.9. The largest absolute Gasteiger partial charge is 0.465 e. The van der Waals surface area contributed by atoms with Crippen LogP contribution in [0.1, 0.15) is 42.7 Å². The highest BCUT2D eigenvalue weighted by molar-refractivity contribution is 6.11. The molecule has 2 rings (SSSR count). The summed E-state index contributed by atoms with van der Waals surface area (Å²) in [6.45, 7) is 4.93. The monoisotopic (exact) mass is 368 g/mol. The number of nitrogens with one attached hydrogen (secondary N) is 2. The van der Waals surface area contributed by atoms with Crippen LogP contribution in [-0.4, -0.2) is 24.9 Å². The summed E-state index contributed by atoms with van der Waals surface area (Å²) >= 11 is 0. The second-order valence-electron chi connectivity index (χ2n) is 6.72. The van der Waals surface area contributed by atoms with Crippen LogP contribution >= 0.6 is 0 Å². The average Bonchev–Trinajstić information content (AvgIpc) is 2.68. The van der Waals surface area contributed by atoms with E-state index >= 15 is 0 Å². The fourth-order valence-corrected chi connectivity index (χ4v) is 2.46. The van der Waals surface area contributed by atoms with Crippen molar-refractivity contribution in [1.29, 1.82) is 0 Å². The molecule has 1 unspecified atom stereocenters. The molecule has 0 saturated carbocycles. The Bertz CT molecular complexity index is 831. The number of hydrogen-bond donors (Lipinski definition) is 2. The normalized spacial score (nSPS) is 12.0. The highest BCUT2D eigenvalue weighted by Gasteiger charge is 2.37. The van der Waals surface area contributed by atoms with Crippen LogP contribution in [0.5, 0.6) is 0 Å². The zero-order valence-electron chi connectivity index (χ0n) is 15.9. The van der Waals surface area contributed by atoms with Crippen LogP contribution in [0, 0.1) is 5.41 Å². The molecule has 0 saturated heterocycles. The summed E-state index contributed by atoms with van der Waals surface area (Å²) in [4.78, 5) is 37.3. The van der Waals surface area contributed by atoms with Crippen LogP contribution in [-0.2, 0) is 14.3 Å². The number of carbonyl (C=O) groups excluding carboxylic acids is 3. The van der Waals surface area contributed by atoms with Crippen LogP contribution < -0.4 is 10.6 Å². The lowest BCUT2D eigenvalue weighted by Gasteiger charge is -2.25. The number of amides is 2. The van der Waals surface area contributed by atoms with E-state index in [1.165, 1.54) is 21.0 Å². The Hall–Kier alpha value is -3.15. The Morgan fingerprint density at radius 3 is 2.15 bits per heavy atom. The van der Waals surface area contributed by atoms with Gasteiger partial charge in [0.25, 0.3) is 0 Å². The molecular weight excluding hydrogens is 344 g/mol. The van der Waals surface area contributed by atoms with Crippen molar-refractivity contribution in [2.45, 2.75) is 26.8 Å². The van der Waals surface area contributed by atoms with Gasteiger partial charge in [0.1, 0.15) is 5.41 Å². The number of methoxy groups -OCH3 is 1. The molecule has 2 aromatic carbocycles. The predicted molar refractivity (Wildman–Crippen MR) is 103 cm³/mol. The third-order valence-electron chi connectivity index (χ3n) is 4.36. The third-order valence-corrected chi connectivity index (χ3v) is 4.36. The van der Waals surface area contributed by atoms with E-state index in [2.05, 4.69) is 10.6 Å². The van der Waals surface area contributed by atoms with Crippen molar-refractivity contribution in [3.63, 3.8) is 0 Å². The minimum atomic E-state index is -1.34. The van der Waals surface area contributed by atoms with E-state index in [4.69, 9.17) is 4.74 Å². The van der Waals surface area contributed by atoms with Gasteiger partial charge in [-0.1, -0.05) is 42.5 Å². The molecule has 0 bridgehead atoms. The predicted octanol–water partition coefficient (Wildman–Crippen LogP) is 3.32. The Balaban J connectivity index is 2.13. The first kappa shape index (κ1) is 20.2. The lowest BCUT2D eigenvalue weighted by molar-refractivity contribution is -0.138. The standard InChI is InChI=1S/C21H24N2O4/c1-14(15-10-6-5-7-11-15)22-19(25)21(2,3)20(26)23-17-13-9-8-12-16(17)18(24)27-4/h5-14H,1-4H3,(H,22,25)(H,23,26). The van der Waals surface area contributed by atoms with Gasteiger partial charge in [-0.2, -0.15) is 0 Å². The van der Waals surface area contributed by atoms with Gasteiger partial charge in [-0.25, -0.2) is 4.79 Å². The number of carbonyl (C=O) groups is 3. The topological polar surface area (TPSA) is 84.5 Å². The molecule has 0 aromatic heterocycles. The summed E-state index contributed by atoms with van der Waals surface area (Å²) in [5.41, 5.74) is 0.123. The van der Waals surface area contributed by atoms with Gasteiger partial charge in [0.2, 0.25) is 11.8 Å². The highest BCUT2D eigenvalue weighted by Crippen LogP contribution is 2.23. The Kier molecular flexibility index (Phi) is 6.34. The first-order chi connectivity index (χ1) is 12.8. The molecule has 27 heavy (non-hydrogen) atoms. The van der Waals surface area contributed by atoms with Crippen LogP contribution in [0.4, 0.5) is 5.69 Å². The number of benzene rings is 2. The van der Waals surface area contributed by atoms with E-state index < -0.39 is 23.2 Å². The first-order valence-electron chi connectivity index (χ1n) is 8.62. The Morgan fingerprint density at radius 2 is 1.52 bits per heavy atom. The van der Waals surface area contributed by atoms with E-state index in [1.54, 1.807) is 24.3 Å². The molecule has 0 aliphatic rings. The molecule has 2 aromatic rings. The third kappa shape index (κ3) is 4.73. The van der Waals surface area contributed by atoms with Crippen LogP contribution in [0.25, 0.3) is 0 Å². The van der Waals surface area contributed by atoms with Crippen molar-refractivity contribution in [3.05, 3.63) is 65.7 Å². The number of para-hydroxylation sites is 1. The average molecular weight is 368 g/mol. The molecule has 2 N–H and O–H groups in total. The van der Waals surface area contributed by atoms with Crippen molar-refractivity contribution in [3.8, 4) is 0 Å². The maximum atomic E-state index is 12.7. The molecule has 1 atom stereocenters. The second kappa shape index (κ2) is 8.49. The fraction of sp³-hybridized carbons (Fsp3) is 0.286. The molecule has 2 amide bonds. The SMILES string of the molecule is COC(=O)c1ccccc1NC(=O)C(C)(C)C(=O)NC(C)c1ccccc1. The van der Waals surface area contributed by atoms with Crippen molar-refractivity contribution in [1.82, 2.24) is 5.32 Å². The minimum Gasteiger partial charge on any atom is -0.465 e. The summed E-state index contributed by atoms with van der Waals surface area (Å²) < 4.78 is 4.72. The van der Waals surface area contributed by atoms with Crippen molar-refractivity contribution in [2.24, 2.45) is 5.41 Å². The van der Waals surface area contributed by atoms with E-state index in [0.717, 1.165) is 5.56 Å². The molecular formula is C21H24N2O4. The van der Waals surface area contributed by atoms with E-state index in [0.29, 0.717) is 5.69 Å². The second-order valence-corrected chi connectivity index (χ2v) is 6.72. The quantitative estimate of drug-likeness (QED) is 0.605. The molecule has 6 heteroatoms. The molecule has 0 spiro atoms. The van der Waals surface area contributed by atoms with Gasteiger partial charge in [-0.05, 0) is 38.5 Å². The Morgan fingerprint density at radius 1 is 0.926 bits per heavy atom. The summed E-state index contributed by atoms with van der Waals surface area (Å²) in [7, 11) is 1.27.